The Bertz CT molecular complexity index is 937. The molecule has 13 heteroatoms. The molecule has 0 aromatic heterocycles. The summed E-state index contributed by atoms with van der Waals surface area (Å²) in [4.78, 5) is 0. The number of hydrogen-bond acceptors (Lipinski definition) is 8. The summed E-state index contributed by atoms with van der Waals surface area (Å²) in [6, 6.07) is -0.787. The lowest BCUT2D eigenvalue weighted by Gasteiger charge is -2.47. The van der Waals surface area contributed by atoms with Crippen molar-refractivity contribution in [3.8, 4) is 0 Å². The molecule has 0 aliphatic heterocycles. The summed E-state index contributed by atoms with van der Waals surface area (Å²) in [6.07, 6.45) is 0.932. The van der Waals surface area contributed by atoms with Crippen LogP contribution in [0.1, 0.15) is 58.3 Å². The predicted octanol–water partition coefficient (Wildman–Crippen LogP) is 0.940. The maximum Gasteiger partial charge on any atom is 0.270 e. The summed E-state index contributed by atoms with van der Waals surface area (Å²) in [7, 11) is -12.9. The molecule has 6 unspecified atom stereocenters. The van der Waals surface area contributed by atoms with Crippen LogP contribution in [0.3, 0.4) is 0 Å². The maximum atomic E-state index is 12.9. The van der Waals surface area contributed by atoms with Gasteiger partial charge in [0.25, 0.3) is 30.4 Å². The summed E-state index contributed by atoms with van der Waals surface area (Å²) in [5.41, 5.74) is 6.17. The average Bonchev–Trinajstić information content (AvgIpc) is 2.59. The Hall–Kier alpha value is -0.310. The lowest BCUT2D eigenvalue weighted by atomic mass is 9.67. The van der Waals surface area contributed by atoms with Gasteiger partial charge in [-0.3, -0.25) is 13.3 Å². The maximum absolute atomic E-state index is 12.9. The van der Waals surface area contributed by atoms with Crippen molar-refractivity contribution in [1.82, 2.24) is 0 Å². The number of hydrogen-bond donors (Lipinski definition) is 3. The van der Waals surface area contributed by atoms with E-state index in [0.29, 0.717) is 18.8 Å². The first-order valence-corrected chi connectivity index (χ1v) is 14.8. The van der Waals surface area contributed by atoms with Gasteiger partial charge in [-0.15, -0.1) is 0 Å². The summed E-state index contributed by atoms with van der Waals surface area (Å²) < 4.78 is 97.3. The van der Waals surface area contributed by atoms with Gasteiger partial charge in [0.05, 0.1) is 21.9 Å². The van der Waals surface area contributed by atoms with Crippen molar-refractivity contribution in [2.24, 2.45) is 23.5 Å². The van der Waals surface area contributed by atoms with Crippen molar-refractivity contribution in [1.29, 1.82) is 0 Å². The lowest BCUT2D eigenvalue weighted by molar-refractivity contribution is 0.0191. The number of nitrogens with two attached hydrogens (primary N) is 1. The van der Waals surface area contributed by atoms with Crippen LogP contribution in [0.25, 0.3) is 0 Å². The molecule has 176 valence electrons. The van der Waals surface area contributed by atoms with Gasteiger partial charge in [-0.05, 0) is 63.2 Å². The van der Waals surface area contributed by atoms with Crippen molar-refractivity contribution < 1.29 is 38.5 Å². The van der Waals surface area contributed by atoms with Crippen molar-refractivity contribution in [2.45, 2.75) is 86.2 Å². The quantitative estimate of drug-likeness (QED) is 0.372. The zero-order valence-electron chi connectivity index (χ0n) is 16.8. The molecule has 0 spiro atoms. The lowest BCUT2D eigenvalue weighted by Crippen LogP contribution is -2.56. The fourth-order valence-electron chi connectivity index (χ4n) is 5.44. The molecule has 0 radical (unpaired) electrons. The molecule has 0 aromatic carbocycles. The van der Waals surface area contributed by atoms with Crippen LogP contribution in [0, 0.1) is 17.8 Å². The van der Waals surface area contributed by atoms with Crippen LogP contribution in [0.2, 0.25) is 0 Å². The van der Waals surface area contributed by atoms with E-state index in [1.54, 1.807) is 0 Å². The standard InChI is InChI=1S/C17H31NO9S3/c1-10-2-4-12(5-3-10)30(25,26)27-16-9-14(29(22,23)24)7-11-6-13(28(19,20)21)8-15(18)17(11)16/h10-17H,2-9,18H2,1H3,(H,19,20,21)(H,22,23,24). The Labute approximate surface area is 178 Å². The molecule has 3 aliphatic rings. The average molecular weight is 490 g/mol. The first kappa shape index (κ1) is 24.3. The second-order valence-corrected chi connectivity index (χ2v) is 14.5. The fourth-order valence-corrected chi connectivity index (χ4v) is 8.88. The molecule has 3 rings (SSSR count). The Kier molecular flexibility index (Phi) is 6.94. The minimum Gasteiger partial charge on any atom is -0.327 e. The van der Waals surface area contributed by atoms with E-state index < -0.39 is 70.1 Å². The van der Waals surface area contributed by atoms with E-state index in [2.05, 4.69) is 6.92 Å². The van der Waals surface area contributed by atoms with Gasteiger partial charge in [-0.1, -0.05) is 6.92 Å². The Morgan fingerprint density at radius 1 is 0.767 bits per heavy atom. The molecule has 0 amide bonds. The molecule has 3 aliphatic carbocycles. The summed E-state index contributed by atoms with van der Waals surface area (Å²) in [5.74, 6) is -0.769. The summed E-state index contributed by atoms with van der Waals surface area (Å²) in [5, 5.41) is -3.12. The zero-order chi connectivity index (χ0) is 22.5. The van der Waals surface area contributed by atoms with Crippen molar-refractivity contribution in [3.05, 3.63) is 0 Å². The first-order valence-electron chi connectivity index (χ1n) is 10.3. The van der Waals surface area contributed by atoms with Crippen LogP contribution in [-0.2, 0) is 34.5 Å². The molecule has 10 nitrogen and oxygen atoms in total. The highest BCUT2D eigenvalue weighted by atomic mass is 32.2. The van der Waals surface area contributed by atoms with Gasteiger partial charge in [0, 0.05) is 12.0 Å². The van der Waals surface area contributed by atoms with E-state index in [4.69, 9.17) is 9.92 Å². The molecular weight excluding hydrogens is 458 g/mol. The van der Waals surface area contributed by atoms with Gasteiger partial charge in [0.2, 0.25) is 0 Å². The van der Waals surface area contributed by atoms with Crippen molar-refractivity contribution >= 4 is 30.4 Å². The molecular formula is C17H31NO9S3. The van der Waals surface area contributed by atoms with E-state index in [9.17, 15) is 34.4 Å². The molecule has 3 fully saturated rings. The molecule has 0 bridgehead atoms. The highest BCUT2D eigenvalue weighted by Crippen LogP contribution is 2.45. The van der Waals surface area contributed by atoms with Gasteiger partial charge >= 0.3 is 0 Å². The third-order valence-electron chi connectivity index (χ3n) is 7.10. The van der Waals surface area contributed by atoms with Crippen LogP contribution >= 0.6 is 0 Å². The van der Waals surface area contributed by atoms with E-state index in [0.717, 1.165) is 12.8 Å². The first-order chi connectivity index (χ1) is 13.7. The summed E-state index contributed by atoms with van der Waals surface area (Å²) >= 11 is 0. The smallest absolute Gasteiger partial charge is 0.270 e. The predicted molar refractivity (Wildman–Crippen MR) is 109 cm³/mol. The SMILES string of the molecule is CC1CCC(S(=O)(=O)OC2CC(S(=O)(=O)O)CC3CC(S(=O)(=O)O)CC(N)C32)CC1. The molecule has 0 heterocycles. The van der Waals surface area contributed by atoms with Crippen LogP contribution in [0.15, 0.2) is 0 Å². The van der Waals surface area contributed by atoms with Crippen molar-refractivity contribution in [2.75, 3.05) is 0 Å². The third-order valence-corrected chi connectivity index (χ3v) is 11.4. The number of rotatable bonds is 5. The van der Waals surface area contributed by atoms with E-state index in [-0.39, 0.29) is 25.7 Å². The molecule has 30 heavy (non-hydrogen) atoms. The second-order valence-electron chi connectivity index (χ2n) is 9.23. The van der Waals surface area contributed by atoms with Crippen LogP contribution < -0.4 is 5.73 Å². The van der Waals surface area contributed by atoms with Gasteiger partial charge < -0.3 is 5.73 Å². The molecule has 3 saturated carbocycles. The topological polar surface area (TPSA) is 178 Å². The van der Waals surface area contributed by atoms with E-state index >= 15 is 0 Å². The Morgan fingerprint density at radius 3 is 1.77 bits per heavy atom. The monoisotopic (exact) mass is 489 g/mol. The van der Waals surface area contributed by atoms with Gasteiger partial charge in [0.1, 0.15) is 0 Å². The van der Waals surface area contributed by atoms with E-state index in [1.165, 1.54) is 0 Å². The minimum absolute atomic E-state index is 0.0654. The Balaban J connectivity index is 1.86. The zero-order valence-corrected chi connectivity index (χ0v) is 19.3. The Morgan fingerprint density at radius 2 is 1.27 bits per heavy atom. The summed E-state index contributed by atoms with van der Waals surface area (Å²) in [6.45, 7) is 2.05. The van der Waals surface area contributed by atoms with Gasteiger partial charge in [-0.25, -0.2) is 0 Å². The van der Waals surface area contributed by atoms with Crippen LogP contribution in [0.4, 0.5) is 0 Å². The fraction of sp³-hybridized carbons (Fsp3) is 1.00. The third kappa shape index (κ3) is 5.36. The minimum atomic E-state index is -4.50. The molecule has 6 atom stereocenters. The number of fused-ring (bicyclic) bond motifs is 1. The van der Waals surface area contributed by atoms with Crippen LogP contribution in [0.5, 0.6) is 0 Å². The second kappa shape index (κ2) is 8.56. The van der Waals surface area contributed by atoms with Crippen LogP contribution in [-0.4, -0.2) is 62.3 Å². The molecule has 0 aromatic rings. The molecule has 0 saturated heterocycles. The molecule has 4 N–H and O–H groups in total. The van der Waals surface area contributed by atoms with E-state index in [1.807, 2.05) is 0 Å². The highest BCUT2D eigenvalue weighted by Gasteiger charge is 2.52. The highest BCUT2D eigenvalue weighted by molar-refractivity contribution is 7.87. The van der Waals surface area contributed by atoms with Gasteiger partial charge in [-0.2, -0.15) is 25.3 Å². The largest absolute Gasteiger partial charge is 0.327 e. The van der Waals surface area contributed by atoms with Gasteiger partial charge in [0.15, 0.2) is 0 Å². The normalized spacial score (nSPS) is 41.2. The van der Waals surface area contributed by atoms with Crippen molar-refractivity contribution in [3.63, 3.8) is 0 Å².